The molecule has 0 aliphatic carbocycles. The Hall–Kier alpha value is -4.05. The van der Waals surface area contributed by atoms with Crippen LogP contribution in [0.15, 0.2) is 82.8 Å². The largest absolute Gasteiger partial charge is 0.478 e. The van der Waals surface area contributed by atoms with E-state index in [4.69, 9.17) is 0 Å². The van der Waals surface area contributed by atoms with Gasteiger partial charge in [0.25, 0.3) is 15.9 Å². The summed E-state index contributed by atoms with van der Waals surface area (Å²) in [6.45, 7) is 1.04. The van der Waals surface area contributed by atoms with Gasteiger partial charge in [-0.25, -0.2) is 23.0 Å². The monoisotopic (exact) mass is 469 g/mol. The number of hydrogen-bond acceptors (Lipinski definition) is 5. The minimum absolute atomic E-state index is 0.0227. The number of anilines is 1. The van der Waals surface area contributed by atoms with Gasteiger partial charge in [0, 0.05) is 5.56 Å². The first-order valence-electron chi connectivity index (χ1n) is 9.68. The fourth-order valence-electron chi connectivity index (χ4n) is 2.94. The van der Waals surface area contributed by atoms with Gasteiger partial charge in [0.1, 0.15) is 12.4 Å². The van der Waals surface area contributed by atoms with Gasteiger partial charge >= 0.3 is 5.97 Å². The lowest BCUT2D eigenvalue weighted by Crippen LogP contribution is -2.40. The van der Waals surface area contributed by atoms with Gasteiger partial charge in [-0.3, -0.25) is 9.10 Å². The number of para-hydroxylation sites is 1. The lowest BCUT2D eigenvalue weighted by molar-refractivity contribution is -0.119. The Morgan fingerprint density at radius 2 is 1.67 bits per heavy atom. The average Bonchev–Trinajstić information content (AvgIpc) is 2.78. The standard InChI is InChI=1S/C23H20FN3O5S/c1-16-10-12-18(13-11-16)33(31,32)27(21-9-5-4-8-20(21)24)15-22(28)26-25-14-17-6-2-3-7-19(17)23(29)30/h2-14H,15H2,1H3,(H,26,28)(H,29,30)/b25-14-. The van der Waals surface area contributed by atoms with Crippen molar-refractivity contribution in [3.63, 3.8) is 0 Å². The van der Waals surface area contributed by atoms with Crippen LogP contribution in [0.5, 0.6) is 0 Å². The number of carbonyl (C=O) groups excluding carboxylic acids is 1. The molecule has 0 heterocycles. The van der Waals surface area contributed by atoms with Gasteiger partial charge in [-0.2, -0.15) is 5.10 Å². The zero-order valence-corrected chi connectivity index (χ0v) is 18.3. The molecule has 3 rings (SSSR count). The smallest absolute Gasteiger partial charge is 0.336 e. The van der Waals surface area contributed by atoms with Crippen molar-refractivity contribution in [3.8, 4) is 0 Å². The molecule has 0 aliphatic heterocycles. The summed E-state index contributed by atoms with van der Waals surface area (Å²) in [5.74, 6) is -2.84. The molecule has 0 spiro atoms. The van der Waals surface area contributed by atoms with Crippen molar-refractivity contribution in [2.75, 3.05) is 10.8 Å². The fourth-order valence-corrected chi connectivity index (χ4v) is 4.36. The van der Waals surface area contributed by atoms with E-state index in [9.17, 15) is 27.5 Å². The number of carboxylic acids is 1. The molecule has 0 aliphatic rings. The van der Waals surface area contributed by atoms with Crippen molar-refractivity contribution in [2.24, 2.45) is 5.10 Å². The van der Waals surface area contributed by atoms with E-state index in [1.165, 1.54) is 42.5 Å². The molecule has 10 heteroatoms. The van der Waals surface area contributed by atoms with Crippen molar-refractivity contribution in [2.45, 2.75) is 11.8 Å². The summed E-state index contributed by atoms with van der Waals surface area (Å²) < 4.78 is 41.6. The van der Waals surface area contributed by atoms with Crippen molar-refractivity contribution in [3.05, 3.63) is 95.3 Å². The van der Waals surface area contributed by atoms with Gasteiger partial charge in [0.15, 0.2) is 0 Å². The van der Waals surface area contributed by atoms with Gasteiger partial charge in [-0.05, 0) is 37.3 Å². The molecule has 8 nitrogen and oxygen atoms in total. The SMILES string of the molecule is Cc1ccc(S(=O)(=O)N(CC(=O)N/N=C\c2ccccc2C(=O)O)c2ccccc2F)cc1. The number of nitrogens with zero attached hydrogens (tertiary/aromatic N) is 2. The Labute approximate surface area is 190 Å². The van der Waals surface area contributed by atoms with Crippen LogP contribution in [0.25, 0.3) is 0 Å². The summed E-state index contributed by atoms with van der Waals surface area (Å²) in [6, 6.07) is 17.1. The third kappa shape index (κ3) is 5.60. The third-order valence-corrected chi connectivity index (χ3v) is 6.38. The first-order valence-corrected chi connectivity index (χ1v) is 11.1. The van der Waals surface area contributed by atoms with Crippen LogP contribution in [0.2, 0.25) is 0 Å². The van der Waals surface area contributed by atoms with Crippen LogP contribution in [-0.2, 0) is 14.8 Å². The van der Waals surface area contributed by atoms with E-state index < -0.39 is 34.3 Å². The Bertz CT molecular complexity index is 1310. The molecule has 0 radical (unpaired) electrons. The van der Waals surface area contributed by atoms with Gasteiger partial charge < -0.3 is 5.11 Å². The van der Waals surface area contributed by atoms with Gasteiger partial charge in [0.05, 0.1) is 22.4 Å². The number of hydrazone groups is 1. The second kappa shape index (κ2) is 10.0. The highest BCUT2D eigenvalue weighted by molar-refractivity contribution is 7.92. The number of aromatic carboxylic acids is 1. The number of aryl methyl sites for hydroxylation is 1. The molecule has 0 unspecified atom stereocenters. The number of hydrogen-bond donors (Lipinski definition) is 2. The van der Waals surface area contributed by atoms with E-state index in [-0.39, 0.29) is 21.7 Å². The molecular weight excluding hydrogens is 449 g/mol. The fraction of sp³-hybridized carbons (Fsp3) is 0.0870. The molecule has 0 bridgehead atoms. The number of sulfonamides is 1. The number of rotatable bonds is 8. The Balaban J connectivity index is 1.87. The molecule has 170 valence electrons. The molecule has 0 saturated carbocycles. The van der Waals surface area contributed by atoms with Crippen molar-refractivity contribution >= 4 is 33.8 Å². The molecule has 0 aromatic heterocycles. The maximum atomic E-state index is 14.5. The van der Waals surface area contributed by atoms with E-state index in [1.54, 1.807) is 31.2 Å². The number of carbonyl (C=O) groups is 2. The minimum Gasteiger partial charge on any atom is -0.478 e. The van der Waals surface area contributed by atoms with Crippen LogP contribution in [0, 0.1) is 12.7 Å². The second-order valence-corrected chi connectivity index (χ2v) is 8.82. The van der Waals surface area contributed by atoms with Crippen LogP contribution >= 0.6 is 0 Å². The minimum atomic E-state index is -4.28. The Morgan fingerprint density at radius 1 is 1.03 bits per heavy atom. The van der Waals surface area contributed by atoms with Crippen molar-refractivity contribution in [1.29, 1.82) is 0 Å². The predicted octanol–water partition coefficient (Wildman–Crippen LogP) is 3.18. The van der Waals surface area contributed by atoms with Gasteiger partial charge in [0.2, 0.25) is 0 Å². The van der Waals surface area contributed by atoms with Crippen molar-refractivity contribution in [1.82, 2.24) is 5.43 Å². The van der Waals surface area contributed by atoms with Gasteiger partial charge in [-0.1, -0.05) is 48.0 Å². The summed E-state index contributed by atoms with van der Waals surface area (Å²) in [5, 5.41) is 12.9. The molecule has 0 saturated heterocycles. The maximum Gasteiger partial charge on any atom is 0.336 e. The molecule has 1 amide bonds. The number of carboxylic acid groups (broad SMARTS) is 1. The molecule has 33 heavy (non-hydrogen) atoms. The van der Waals surface area contributed by atoms with E-state index in [0.29, 0.717) is 4.31 Å². The second-order valence-electron chi connectivity index (χ2n) is 6.96. The number of amides is 1. The summed E-state index contributed by atoms with van der Waals surface area (Å²) in [7, 11) is -4.28. The lowest BCUT2D eigenvalue weighted by Gasteiger charge is -2.24. The molecular formula is C23H20FN3O5S. The van der Waals surface area contributed by atoms with E-state index in [2.05, 4.69) is 10.5 Å². The van der Waals surface area contributed by atoms with Crippen LogP contribution in [0.4, 0.5) is 10.1 Å². The Kier molecular flexibility index (Phi) is 7.19. The molecule has 0 fully saturated rings. The summed E-state index contributed by atoms with van der Waals surface area (Å²) in [5.41, 5.74) is 2.91. The zero-order valence-electron chi connectivity index (χ0n) is 17.5. The van der Waals surface area contributed by atoms with Crippen LogP contribution in [0.3, 0.4) is 0 Å². The highest BCUT2D eigenvalue weighted by Gasteiger charge is 2.29. The van der Waals surface area contributed by atoms with Crippen molar-refractivity contribution < 1.29 is 27.5 Å². The molecule has 0 atom stereocenters. The maximum absolute atomic E-state index is 14.5. The number of halogens is 1. The molecule has 3 aromatic carbocycles. The summed E-state index contributed by atoms with van der Waals surface area (Å²) in [6.07, 6.45) is 1.13. The van der Waals surface area contributed by atoms with Crippen LogP contribution in [-0.4, -0.2) is 38.2 Å². The average molecular weight is 469 g/mol. The highest BCUT2D eigenvalue weighted by atomic mass is 32.2. The topological polar surface area (TPSA) is 116 Å². The quantitative estimate of drug-likeness (QED) is 0.388. The molecule has 2 N–H and O–H groups in total. The van der Waals surface area contributed by atoms with Crippen LogP contribution < -0.4 is 9.73 Å². The molecule has 3 aromatic rings. The number of benzene rings is 3. The zero-order chi connectivity index (χ0) is 24.0. The van der Waals surface area contributed by atoms with Gasteiger partial charge in [-0.15, -0.1) is 0 Å². The van der Waals surface area contributed by atoms with E-state index in [1.807, 2.05) is 0 Å². The van der Waals surface area contributed by atoms with E-state index >= 15 is 0 Å². The lowest BCUT2D eigenvalue weighted by atomic mass is 10.1. The first-order chi connectivity index (χ1) is 15.7. The van der Waals surface area contributed by atoms with E-state index in [0.717, 1.165) is 17.8 Å². The normalized spacial score (nSPS) is 11.3. The summed E-state index contributed by atoms with van der Waals surface area (Å²) >= 11 is 0. The first kappa shape index (κ1) is 23.6. The third-order valence-electron chi connectivity index (χ3n) is 4.60. The Morgan fingerprint density at radius 3 is 2.33 bits per heavy atom. The highest BCUT2D eigenvalue weighted by Crippen LogP contribution is 2.26. The van der Waals surface area contributed by atoms with Crippen LogP contribution in [0.1, 0.15) is 21.5 Å². The predicted molar refractivity (Wildman–Crippen MR) is 121 cm³/mol. The summed E-state index contributed by atoms with van der Waals surface area (Å²) in [4.78, 5) is 23.7. The number of nitrogens with one attached hydrogen (secondary N) is 1.